The number of nitrogens with zero attached hydrogens (tertiary/aromatic N) is 4. The van der Waals surface area contributed by atoms with Crippen LogP contribution >= 0.6 is 11.6 Å². The molecule has 0 radical (unpaired) electrons. The van der Waals surface area contributed by atoms with Crippen LogP contribution in [0.2, 0.25) is 5.02 Å². The van der Waals surface area contributed by atoms with E-state index in [1.54, 1.807) is 18.5 Å². The van der Waals surface area contributed by atoms with E-state index in [0.29, 0.717) is 24.1 Å². The summed E-state index contributed by atoms with van der Waals surface area (Å²) < 4.78 is 46.9. The van der Waals surface area contributed by atoms with E-state index < -0.39 is 24.7 Å². The lowest BCUT2D eigenvalue weighted by Gasteiger charge is -2.46. The second kappa shape index (κ2) is 12.7. The molecule has 1 amide bonds. The van der Waals surface area contributed by atoms with Gasteiger partial charge in [-0.25, -0.2) is 14.8 Å². The van der Waals surface area contributed by atoms with Crippen molar-refractivity contribution in [1.82, 2.24) is 20.2 Å². The Labute approximate surface area is 223 Å². The van der Waals surface area contributed by atoms with Crippen LogP contribution in [0.15, 0.2) is 42.7 Å². The highest BCUT2D eigenvalue weighted by Gasteiger charge is 2.41. The smallest absolute Gasteiger partial charge is 0.449 e. The van der Waals surface area contributed by atoms with Crippen LogP contribution < -0.4 is 10.2 Å². The average Bonchev–Trinajstić information content (AvgIpc) is 2.92. The van der Waals surface area contributed by atoms with Gasteiger partial charge in [-0.1, -0.05) is 23.7 Å². The number of anilines is 1. The summed E-state index contributed by atoms with van der Waals surface area (Å²) in [6.45, 7) is 1.64. The lowest BCUT2D eigenvalue weighted by atomic mass is 9.96. The van der Waals surface area contributed by atoms with Crippen molar-refractivity contribution in [1.29, 1.82) is 0 Å². The first kappa shape index (κ1) is 28.1. The fraction of sp³-hybridized carbons (Fsp3) is 0.520. The number of esters is 1. The number of benzene rings is 1. The molecule has 206 valence electrons. The molecular weight excluding hydrogens is 527 g/mol. The Bertz CT molecular complexity index is 1070. The van der Waals surface area contributed by atoms with Crippen molar-refractivity contribution >= 4 is 29.4 Å². The minimum Gasteiger partial charge on any atom is -0.449 e. The Morgan fingerprint density at radius 2 is 1.82 bits per heavy atom. The Kier molecular flexibility index (Phi) is 9.40. The maximum atomic E-state index is 12.3. The second-order valence-corrected chi connectivity index (χ2v) is 9.72. The van der Waals surface area contributed by atoms with Crippen LogP contribution in [0.3, 0.4) is 0 Å². The van der Waals surface area contributed by atoms with Crippen LogP contribution in [-0.2, 0) is 25.5 Å². The summed E-state index contributed by atoms with van der Waals surface area (Å²) >= 11 is 6.04. The number of morpholine rings is 1. The van der Waals surface area contributed by atoms with Gasteiger partial charge in [-0.3, -0.25) is 9.69 Å². The summed E-state index contributed by atoms with van der Waals surface area (Å²) in [6.07, 6.45) is 0.474. The van der Waals surface area contributed by atoms with E-state index in [0.717, 1.165) is 37.9 Å². The van der Waals surface area contributed by atoms with Crippen LogP contribution in [0.4, 0.5) is 19.1 Å². The average molecular weight is 556 g/mol. The SMILES string of the molecule is O=C(COC(=O)C(F)(F)F)NC[C@H]1CN(C2CCN(c3ncccn3)CC2)[C@@H](Cc2ccc(Cl)cc2)CO1. The number of alkyl halides is 3. The minimum atomic E-state index is -5.14. The molecule has 2 aromatic rings. The van der Waals surface area contributed by atoms with Gasteiger partial charge in [-0.2, -0.15) is 13.2 Å². The number of hydrogen-bond acceptors (Lipinski definition) is 8. The highest BCUT2D eigenvalue weighted by atomic mass is 35.5. The maximum absolute atomic E-state index is 12.3. The molecule has 9 nitrogen and oxygen atoms in total. The number of amides is 1. The number of carbonyl (C=O) groups is 2. The van der Waals surface area contributed by atoms with Crippen LogP contribution in [0.5, 0.6) is 0 Å². The molecule has 2 saturated heterocycles. The van der Waals surface area contributed by atoms with Gasteiger partial charge in [0.1, 0.15) is 0 Å². The lowest BCUT2D eigenvalue weighted by Crippen LogP contribution is -2.59. The molecule has 13 heteroatoms. The molecule has 2 atom stereocenters. The molecule has 0 unspecified atom stereocenters. The van der Waals surface area contributed by atoms with E-state index in [-0.39, 0.29) is 24.7 Å². The first-order valence-corrected chi connectivity index (χ1v) is 12.7. The predicted octanol–water partition coefficient (Wildman–Crippen LogP) is 2.63. The van der Waals surface area contributed by atoms with Crippen molar-refractivity contribution in [2.75, 3.05) is 44.3 Å². The van der Waals surface area contributed by atoms with Gasteiger partial charge < -0.3 is 19.7 Å². The van der Waals surface area contributed by atoms with Crippen molar-refractivity contribution in [3.8, 4) is 0 Å². The zero-order valence-corrected chi connectivity index (χ0v) is 21.3. The number of halogens is 4. The molecule has 4 rings (SSSR count). The number of carbonyl (C=O) groups excluding carboxylic acids is 2. The highest BCUT2D eigenvalue weighted by Crippen LogP contribution is 2.26. The molecule has 2 fully saturated rings. The van der Waals surface area contributed by atoms with Gasteiger partial charge >= 0.3 is 12.1 Å². The predicted molar refractivity (Wildman–Crippen MR) is 133 cm³/mol. The Balaban J connectivity index is 1.35. The van der Waals surface area contributed by atoms with Crippen molar-refractivity contribution in [3.05, 3.63) is 53.3 Å². The number of piperidine rings is 1. The van der Waals surface area contributed by atoms with Gasteiger partial charge in [0.05, 0.1) is 12.7 Å². The molecule has 1 aromatic heterocycles. The second-order valence-electron chi connectivity index (χ2n) is 9.28. The molecule has 1 aromatic carbocycles. The highest BCUT2D eigenvalue weighted by molar-refractivity contribution is 6.30. The molecular formula is C25H29ClF3N5O4. The van der Waals surface area contributed by atoms with Crippen LogP contribution in [0.25, 0.3) is 0 Å². The standard InChI is InChI=1S/C25H29ClF3N5O4/c26-18-4-2-17(3-5-18)12-20-15-37-21(13-32-22(35)16-38-23(36)25(27,28)29)14-34(20)19-6-10-33(11-7-19)24-30-8-1-9-31-24/h1-5,8-9,19-21H,6-7,10-16H2,(H,32,35)/t20-,21-/m0/s1. The molecule has 0 aliphatic carbocycles. The van der Waals surface area contributed by atoms with Gasteiger partial charge in [-0.15, -0.1) is 0 Å². The monoisotopic (exact) mass is 555 g/mol. The largest absolute Gasteiger partial charge is 0.490 e. The van der Waals surface area contributed by atoms with Crippen LogP contribution in [0.1, 0.15) is 18.4 Å². The number of aromatic nitrogens is 2. The summed E-state index contributed by atoms with van der Waals surface area (Å²) in [6, 6.07) is 9.84. The quantitative estimate of drug-likeness (QED) is 0.497. The number of nitrogens with one attached hydrogen (secondary N) is 1. The summed E-state index contributed by atoms with van der Waals surface area (Å²) in [5, 5.41) is 3.17. The maximum Gasteiger partial charge on any atom is 0.490 e. The van der Waals surface area contributed by atoms with E-state index >= 15 is 0 Å². The normalized spacial score (nSPS) is 21.2. The van der Waals surface area contributed by atoms with E-state index in [1.165, 1.54) is 0 Å². The van der Waals surface area contributed by atoms with Gasteiger partial charge in [0.2, 0.25) is 5.95 Å². The third-order valence-corrected chi connectivity index (χ3v) is 6.91. The van der Waals surface area contributed by atoms with E-state index in [9.17, 15) is 22.8 Å². The first-order valence-electron chi connectivity index (χ1n) is 12.3. The Morgan fingerprint density at radius 3 is 2.47 bits per heavy atom. The third kappa shape index (κ3) is 7.78. The molecule has 0 saturated carbocycles. The molecule has 2 aliphatic heterocycles. The summed E-state index contributed by atoms with van der Waals surface area (Å²) in [5.41, 5.74) is 1.13. The summed E-state index contributed by atoms with van der Waals surface area (Å²) in [4.78, 5) is 36.0. The summed E-state index contributed by atoms with van der Waals surface area (Å²) in [5.74, 6) is -2.51. The lowest BCUT2D eigenvalue weighted by molar-refractivity contribution is -0.200. The van der Waals surface area contributed by atoms with Crippen LogP contribution in [0, 0.1) is 0 Å². The van der Waals surface area contributed by atoms with Crippen molar-refractivity contribution < 1.29 is 32.2 Å². The van der Waals surface area contributed by atoms with Crippen molar-refractivity contribution in [2.45, 2.75) is 43.6 Å². The molecule has 38 heavy (non-hydrogen) atoms. The Hall–Kier alpha value is -2.96. The number of rotatable bonds is 8. The topological polar surface area (TPSA) is 96.9 Å². The molecule has 0 spiro atoms. The van der Waals surface area contributed by atoms with Gasteiger partial charge in [0.15, 0.2) is 6.61 Å². The number of ether oxygens (including phenoxy) is 2. The van der Waals surface area contributed by atoms with Crippen molar-refractivity contribution in [3.63, 3.8) is 0 Å². The van der Waals surface area contributed by atoms with Gasteiger partial charge in [-0.05, 0) is 43.0 Å². The molecule has 0 bridgehead atoms. The Morgan fingerprint density at radius 1 is 1.13 bits per heavy atom. The van der Waals surface area contributed by atoms with E-state index in [1.807, 2.05) is 24.3 Å². The van der Waals surface area contributed by atoms with Gasteiger partial charge in [0, 0.05) is 55.7 Å². The van der Waals surface area contributed by atoms with Gasteiger partial charge in [0.25, 0.3) is 5.91 Å². The zero-order valence-electron chi connectivity index (χ0n) is 20.6. The fourth-order valence-electron chi connectivity index (χ4n) is 4.76. The van der Waals surface area contributed by atoms with Crippen LogP contribution in [-0.4, -0.2) is 90.5 Å². The fourth-order valence-corrected chi connectivity index (χ4v) is 4.89. The third-order valence-electron chi connectivity index (χ3n) is 6.65. The summed E-state index contributed by atoms with van der Waals surface area (Å²) in [7, 11) is 0. The first-order chi connectivity index (χ1) is 18.2. The molecule has 3 heterocycles. The minimum absolute atomic E-state index is 0.0866. The molecule has 1 N–H and O–H groups in total. The van der Waals surface area contributed by atoms with E-state index in [2.05, 4.69) is 29.8 Å². The number of hydrogen-bond donors (Lipinski definition) is 1. The zero-order chi connectivity index (χ0) is 27.1. The van der Waals surface area contributed by atoms with Crippen molar-refractivity contribution in [2.24, 2.45) is 0 Å². The van der Waals surface area contributed by atoms with E-state index in [4.69, 9.17) is 16.3 Å². The molecule has 2 aliphatic rings.